The second kappa shape index (κ2) is 6.36. The minimum atomic E-state index is -1.02. The van der Waals surface area contributed by atoms with Crippen molar-refractivity contribution < 1.29 is 14.6 Å². The Morgan fingerprint density at radius 2 is 2.04 bits per heavy atom. The number of aromatic nitrogens is 4. The molecule has 0 atom stereocenters. The van der Waals surface area contributed by atoms with Gasteiger partial charge in [0, 0.05) is 25.1 Å². The summed E-state index contributed by atoms with van der Waals surface area (Å²) >= 11 is 0. The molecule has 0 amide bonds. The van der Waals surface area contributed by atoms with E-state index in [0.29, 0.717) is 11.6 Å². The van der Waals surface area contributed by atoms with Gasteiger partial charge in [-0.3, -0.25) is 4.57 Å². The zero-order valence-electron chi connectivity index (χ0n) is 14.0. The Morgan fingerprint density at radius 3 is 2.88 bits per heavy atom. The standard InChI is InChI=1S/C19H16N4O3/c1-22-12-21-15-7-6-13(10-16(15)22)23-9-8-20-19(23)14-4-2-3-5-17(14)26-11-18(24)25/h2-10,12H,11H2,1H3,(H,24,25). The van der Waals surface area contributed by atoms with Crippen LogP contribution in [0.25, 0.3) is 28.1 Å². The topological polar surface area (TPSA) is 82.2 Å². The van der Waals surface area contributed by atoms with Crippen LogP contribution in [0.2, 0.25) is 0 Å². The molecule has 2 heterocycles. The number of hydrogen-bond acceptors (Lipinski definition) is 4. The first-order valence-electron chi connectivity index (χ1n) is 8.02. The molecular formula is C19H16N4O3. The van der Waals surface area contributed by atoms with Gasteiger partial charge in [-0.25, -0.2) is 14.8 Å². The molecule has 7 heteroatoms. The summed E-state index contributed by atoms with van der Waals surface area (Å²) in [4.78, 5) is 19.6. The first-order valence-corrected chi connectivity index (χ1v) is 8.02. The Morgan fingerprint density at radius 1 is 1.19 bits per heavy atom. The van der Waals surface area contributed by atoms with Crippen molar-refractivity contribution in [3.05, 3.63) is 61.2 Å². The van der Waals surface area contributed by atoms with Crippen LogP contribution in [0, 0.1) is 0 Å². The normalized spacial score (nSPS) is 11.0. The third-order valence-electron chi connectivity index (χ3n) is 4.11. The number of carboxylic acids is 1. The number of nitrogens with zero attached hydrogens (tertiary/aromatic N) is 4. The quantitative estimate of drug-likeness (QED) is 0.600. The summed E-state index contributed by atoms with van der Waals surface area (Å²) in [7, 11) is 1.95. The molecule has 0 saturated heterocycles. The van der Waals surface area contributed by atoms with Gasteiger partial charge in [0.1, 0.15) is 11.6 Å². The Kier molecular flexibility index (Phi) is 3.89. The number of aryl methyl sites for hydroxylation is 1. The summed E-state index contributed by atoms with van der Waals surface area (Å²) < 4.78 is 9.32. The summed E-state index contributed by atoms with van der Waals surface area (Å²) in [6.07, 6.45) is 5.34. The summed E-state index contributed by atoms with van der Waals surface area (Å²) in [5.74, 6) is 0.126. The first-order chi connectivity index (χ1) is 12.6. The maximum Gasteiger partial charge on any atom is 0.341 e. The second-order valence-electron chi connectivity index (χ2n) is 5.83. The van der Waals surface area contributed by atoms with Gasteiger partial charge >= 0.3 is 5.97 Å². The molecule has 4 rings (SSSR count). The molecule has 0 radical (unpaired) electrons. The molecule has 0 fully saturated rings. The van der Waals surface area contributed by atoms with E-state index in [1.807, 2.05) is 52.7 Å². The van der Waals surface area contributed by atoms with Gasteiger partial charge in [-0.15, -0.1) is 0 Å². The van der Waals surface area contributed by atoms with Crippen molar-refractivity contribution in [1.82, 2.24) is 19.1 Å². The highest BCUT2D eigenvalue weighted by Crippen LogP contribution is 2.31. The molecule has 0 saturated carbocycles. The van der Waals surface area contributed by atoms with Crippen LogP contribution in [0.3, 0.4) is 0 Å². The van der Waals surface area contributed by atoms with Crippen molar-refractivity contribution in [3.8, 4) is 22.8 Å². The molecule has 0 aliphatic carbocycles. The van der Waals surface area contributed by atoms with Crippen LogP contribution < -0.4 is 4.74 Å². The SMILES string of the molecule is Cn1cnc2ccc(-n3ccnc3-c3ccccc3OCC(=O)O)cc21. The van der Waals surface area contributed by atoms with E-state index in [-0.39, 0.29) is 0 Å². The van der Waals surface area contributed by atoms with Gasteiger partial charge in [-0.1, -0.05) is 12.1 Å². The zero-order valence-corrected chi connectivity index (χ0v) is 14.0. The predicted octanol–water partition coefficient (Wildman–Crippen LogP) is 2.89. The average Bonchev–Trinajstić information content (AvgIpc) is 3.27. The van der Waals surface area contributed by atoms with E-state index in [1.54, 1.807) is 24.7 Å². The maximum absolute atomic E-state index is 10.8. The first kappa shape index (κ1) is 15.9. The molecular weight excluding hydrogens is 332 g/mol. The number of para-hydroxylation sites is 1. The van der Waals surface area contributed by atoms with Crippen molar-refractivity contribution in [1.29, 1.82) is 0 Å². The van der Waals surface area contributed by atoms with E-state index >= 15 is 0 Å². The lowest BCUT2D eigenvalue weighted by atomic mass is 10.1. The van der Waals surface area contributed by atoms with Crippen LogP contribution in [0.5, 0.6) is 5.75 Å². The fraction of sp³-hybridized carbons (Fsp3) is 0.105. The van der Waals surface area contributed by atoms with Gasteiger partial charge in [0.25, 0.3) is 0 Å². The van der Waals surface area contributed by atoms with Gasteiger partial charge in [0.15, 0.2) is 6.61 Å². The van der Waals surface area contributed by atoms with E-state index in [0.717, 1.165) is 22.3 Å². The van der Waals surface area contributed by atoms with Gasteiger partial charge in [0.2, 0.25) is 0 Å². The van der Waals surface area contributed by atoms with Gasteiger partial charge in [0.05, 0.1) is 22.9 Å². The lowest BCUT2D eigenvalue weighted by Crippen LogP contribution is -2.10. The van der Waals surface area contributed by atoms with E-state index in [1.165, 1.54) is 0 Å². The van der Waals surface area contributed by atoms with Crippen LogP contribution in [-0.4, -0.2) is 36.8 Å². The predicted molar refractivity (Wildman–Crippen MR) is 96.4 cm³/mol. The molecule has 130 valence electrons. The molecule has 4 aromatic rings. The summed E-state index contributed by atoms with van der Waals surface area (Å²) in [5, 5.41) is 8.88. The molecule has 2 aromatic carbocycles. The number of fused-ring (bicyclic) bond motifs is 1. The molecule has 0 aliphatic rings. The fourth-order valence-electron chi connectivity index (χ4n) is 2.89. The molecule has 0 spiro atoms. The monoisotopic (exact) mass is 348 g/mol. The third kappa shape index (κ3) is 2.79. The van der Waals surface area contributed by atoms with Crippen molar-refractivity contribution in [3.63, 3.8) is 0 Å². The lowest BCUT2D eigenvalue weighted by molar-refractivity contribution is -0.139. The van der Waals surface area contributed by atoms with E-state index in [9.17, 15) is 4.79 Å². The minimum Gasteiger partial charge on any atom is -0.481 e. The molecule has 2 aromatic heterocycles. The average molecular weight is 348 g/mol. The van der Waals surface area contributed by atoms with E-state index in [4.69, 9.17) is 9.84 Å². The molecule has 0 aliphatic heterocycles. The maximum atomic E-state index is 10.8. The van der Waals surface area contributed by atoms with Crippen LogP contribution in [-0.2, 0) is 11.8 Å². The Labute approximate surface area is 149 Å². The number of carboxylic acid groups (broad SMARTS) is 1. The van der Waals surface area contributed by atoms with Gasteiger partial charge in [-0.2, -0.15) is 0 Å². The Hall–Kier alpha value is -3.61. The number of rotatable bonds is 5. The summed E-state index contributed by atoms with van der Waals surface area (Å²) in [6.45, 7) is -0.404. The number of hydrogen-bond donors (Lipinski definition) is 1. The van der Waals surface area contributed by atoms with Crippen LogP contribution >= 0.6 is 0 Å². The van der Waals surface area contributed by atoms with E-state index < -0.39 is 12.6 Å². The molecule has 0 bridgehead atoms. The van der Waals surface area contributed by atoms with Crippen molar-refractivity contribution >= 4 is 17.0 Å². The molecule has 26 heavy (non-hydrogen) atoms. The van der Waals surface area contributed by atoms with Gasteiger partial charge < -0.3 is 14.4 Å². The molecule has 0 unspecified atom stereocenters. The van der Waals surface area contributed by atoms with Crippen molar-refractivity contribution in [2.45, 2.75) is 0 Å². The minimum absolute atomic E-state index is 0.404. The van der Waals surface area contributed by atoms with Crippen LogP contribution in [0.4, 0.5) is 0 Å². The second-order valence-corrected chi connectivity index (χ2v) is 5.83. The Bertz CT molecular complexity index is 1100. The highest BCUT2D eigenvalue weighted by atomic mass is 16.5. The lowest BCUT2D eigenvalue weighted by Gasteiger charge is -2.12. The zero-order chi connectivity index (χ0) is 18.1. The Balaban J connectivity index is 1.80. The highest BCUT2D eigenvalue weighted by molar-refractivity contribution is 5.78. The molecule has 7 nitrogen and oxygen atoms in total. The van der Waals surface area contributed by atoms with Crippen LogP contribution in [0.15, 0.2) is 61.2 Å². The number of ether oxygens (including phenoxy) is 1. The number of aliphatic carboxylic acids is 1. The van der Waals surface area contributed by atoms with Gasteiger partial charge in [-0.05, 0) is 30.3 Å². The van der Waals surface area contributed by atoms with E-state index in [2.05, 4.69) is 9.97 Å². The number of imidazole rings is 2. The number of benzene rings is 2. The smallest absolute Gasteiger partial charge is 0.341 e. The van der Waals surface area contributed by atoms with Crippen molar-refractivity contribution in [2.75, 3.05) is 6.61 Å². The van der Waals surface area contributed by atoms with Crippen LogP contribution in [0.1, 0.15) is 0 Å². The third-order valence-corrected chi connectivity index (χ3v) is 4.11. The number of carbonyl (C=O) groups is 1. The fourth-order valence-corrected chi connectivity index (χ4v) is 2.89. The molecule has 1 N–H and O–H groups in total. The summed E-state index contributed by atoms with van der Waals surface area (Å²) in [5.41, 5.74) is 3.59. The highest BCUT2D eigenvalue weighted by Gasteiger charge is 2.14. The summed E-state index contributed by atoms with van der Waals surface area (Å²) in [6, 6.07) is 13.2. The van der Waals surface area contributed by atoms with Crippen molar-refractivity contribution in [2.24, 2.45) is 7.05 Å². The largest absolute Gasteiger partial charge is 0.481 e.